The number of carbonyl (C=O) groups is 1. The molecular weight excluding hydrogens is 304 g/mol. The maximum atomic E-state index is 10.7. The van der Waals surface area contributed by atoms with Crippen LogP contribution < -0.4 is 0 Å². The molecular formula is C15H13ClN4O2. The lowest BCUT2D eigenvalue weighted by Crippen LogP contribution is -2.03. The van der Waals surface area contributed by atoms with Gasteiger partial charge < -0.3 is 4.74 Å². The van der Waals surface area contributed by atoms with Crippen molar-refractivity contribution in [1.29, 1.82) is 0 Å². The van der Waals surface area contributed by atoms with Crippen molar-refractivity contribution in [3.8, 4) is 5.69 Å². The molecule has 0 amide bonds. The van der Waals surface area contributed by atoms with E-state index in [9.17, 15) is 4.79 Å². The second-order valence-electron chi connectivity index (χ2n) is 4.71. The molecule has 1 aromatic carbocycles. The maximum absolute atomic E-state index is 10.7. The molecule has 0 aliphatic heterocycles. The summed E-state index contributed by atoms with van der Waals surface area (Å²) in [6.07, 6.45) is 3.76. The number of halogens is 1. The van der Waals surface area contributed by atoms with E-state index in [-0.39, 0.29) is 5.97 Å². The number of hydrogen-bond acceptors (Lipinski definition) is 5. The van der Waals surface area contributed by atoms with Gasteiger partial charge in [-0.05, 0) is 17.7 Å². The molecule has 3 rings (SSSR count). The van der Waals surface area contributed by atoms with Crippen molar-refractivity contribution in [3.05, 3.63) is 47.6 Å². The van der Waals surface area contributed by atoms with E-state index in [1.807, 2.05) is 28.8 Å². The van der Waals surface area contributed by atoms with Gasteiger partial charge in [0.25, 0.3) is 0 Å². The molecule has 0 aliphatic rings. The number of aromatic nitrogens is 4. The number of hydrogen-bond donors (Lipinski definition) is 0. The summed E-state index contributed by atoms with van der Waals surface area (Å²) in [6, 6.07) is 7.88. The van der Waals surface area contributed by atoms with Crippen molar-refractivity contribution in [2.75, 3.05) is 6.61 Å². The van der Waals surface area contributed by atoms with Gasteiger partial charge in [-0.2, -0.15) is 0 Å². The van der Waals surface area contributed by atoms with Gasteiger partial charge in [-0.1, -0.05) is 23.7 Å². The number of imidazole rings is 1. The van der Waals surface area contributed by atoms with Crippen LogP contribution in [0.3, 0.4) is 0 Å². The van der Waals surface area contributed by atoms with E-state index in [1.54, 1.807) is 6.33 Å². The lowest BCUT2D eigenvalue weighted by molar-refractivity contribution is -0.140. The van der Waals surface area contributed by atoms with Crippen molar-refractivity contribution in [2.24, 2.45) is 0 Å². The van der Waals surface area contributed by atoms with Crippen LogP contribution in [0.4, 0.5) is 0 Å². The van der Waals surface area contributed by atoms with Gasteiger partial charge in [0.15, 0.2) is 10.8 Å². The molecule has 3 aromatic rings. The quantitative estimate of drug-likeness (QED) is 0.546. The Morgan fingerprint density at radius 3 is 2.73 bits per heavy atom. The maximum Gasteiger partial charge on any atom is 0.302 e. The highest BCUT2D eigenvalue weighted by Gasteiger charge is 2.09. The van der Waals surface area contributed by atoms with Gasteiger partial charge in [0.05, 0.1) is 6.61 Å². The fourth-order valence-electron chi connectivity index (χ4n) is 2.13. The Bertz CT molecular complexity index is 814. The van der Waals surface area contributed by atoms with E-state index in [1.165, 1.54) is 13.3 Å². The highest BCUT2D eigenvalue weighted by Crippen LogP contribution is 2.20. The van der Waals surface area contributed by atoms with Crippen LogP contribution in [0.2, 0.25) is 5.15 Å². The van der Waals surface area contributed by atoms with E-state index in [4.69, 9.17) is 16.3 Å². The summed E-state index contributed by atoms with van der Waals surface area (Å²) in [4.78, 5) is 23.1. The fourth-order valence-corrected chi connectivity index (χ4v) is 2.31. The molecule has 2 aromatic heterocycles. The van der Waals surface area contributed by atoms with E-state index in [0.717, 1.165) is 11.3 Å². The first-order valence-electron chi connectivity index (χ1n) is 6.71. The van der Waals surface area contributed by atoms with Gasteiger partial charge in [-0.3, -0.25) is 9.36 Å². The number of benzene rings is 1. The number of carbonyl (C=O) groups excluding carboxylic acids is 1. The molecule has 0 saturated carbocycles. The molecule has 0 saturated heterocycles. The van der Waals surface area contributed by atoms with Gasteiger partial charge in [-0.25, -0.2) is 15.0 Å². The van der Waals surface area contributed by atoms with Gasteiger partial charge in [0, 0.05) is 19.0 Å². The van der Waals surface area contributed by atoms with Crippen molar-refractivity contribution in [1.82, 2.24) is 19.5 Å². The Labute approximate surface area is 131 Å². The Balaban J connectivity index is 1.82. The van der Waals surface area contributed by atoms with E-state index in [2.05, 4.69) is 15.0 Å². The minimum Gasteiger partial charge on any atom is -0.466 e. The molecule has 0 fully saturated rings. The molecule has 0 aliphatic carbocycles. The SMILES string of the molecule is CC(=O)OCCc1ccc(-n2cnc3c(Cl)ncnc32)cc1. The number of nitrogens with zero attached hydrogens (tertiary/aromatic N) is 4. The largest absolute Gasteiger partial charge is 0.466 e. The van der Waals surface area contributed by atoms with Crippen molar-refractivity contribution >= 4 is 28.7 Å². The van der Waals surface area contributed by atoms with E-state index >= 15 is 0 Å². The summed E-state index contributed by atoms with van der Waals surface area (Å²) < 4.78 is 6.78. The summed E-state index contributed by atoms with van der Waals surface area (Å²) in [5.41, 5.74) is 3.24. The molecule has 2 heterocycles. The Kier molecular flexibility index (Phi) is 4.02. The highest BCUT2D eigenvalue weighted by molar-refractivity contribution is 6.33. The first-order chi connectivity index (χ1) is 10.6. The first-order valence-corrected chi connectivity index (χ1v) is 7.09. The summed E-state index contributed by atoms with van der Waals surface area (Å²) >= 11 is 6.00. The van der Waals surface area contributed by atoms with Gasteiger partial charge >= 0.3 is 5.97 Å². The average molecular weight is 317 g/mol. The zero-order chi connectivity index (χ0) is 15.5. The van der Waals surface area contributed by atoms with Crippen LogP contribution in [0, 0.1) is 0 Å². The summed E-state index contributed by atoms with van der Waals surface area (Å²) in [6.45, 7) is 1.78. The molecule has 0 N–H and O–H groups in total. The van der Waals surface area contributed by atoms with Gasteiger partial charge in [0.2, 0.25) is 0 Å². The molecule has 22 heavy (non-hydrogen) atoms. The fraction of sp³-hybridized carbons (Fsp3) is 0.200. The van der Waals surface area contributed by atoms with Crippen LogP contribution in [0.1, 0.15) is 12.5 Å². The van der Waals surface area contributed by atoms with Crippen molar-refractivity contribution in [3.63, 3.8) is 0 Å². The van der Waals surface area contributed by atoms with Crippen LogP contribution >= 0.6 is 11.6 Å². The molecule has 7 heteroatoms. The Morgan fingerprint density at radius 2 is 2.00 bits per heavy atom. The predicted molar refractivity (Wildman–Crippen MR) is 82.0 cm³/mol. The van der Waals surface area contributed by atoms with Gasteiger partial charge in [0.1, 0.15) is 18.2 Å². The summed E-state index contributed by atoms with van der Waals surface area (Å²) in [5, 5.41) is 0.335. The number of ether oxygens (including phenoxy) is 1. The standard InChI is InChI=1S/C15H13ClN4O2/c1-10(21)22-7-6-11-2-4-12(5-3-11)20-9-19-13-14(16)17-8-18-15(13)20/h2-5,8-9H,6-7H2,1H3. The summed E-state index contributed by atoms with van der Waals surface area (Å²) in [5.74, 6) is -0.266. The third-order valence-corrected chi connectivity index (χ3v) is 3.48. The lowest BCUT2D eigenvalue weighted by Gasteiger charge is -2.06. The zero-order valence-electron chi connectivity index (χ0n) is 11.9. The molecule has 0 unspecified atom stereocenters. The van der Waals surface area contributed by atoms with Crippen LogP contribution in [-0.2, 0) is 16.0 Å². The Morgan fingerprint density at radius 1 is 1.23 bits per heavy atom. The van der Waals surface area contributed by atoms with Crippen LogP contribution in [0.5, 0.6) is 0 Å². The number of fused-ring (bicyclic) bond motifs is 1. The van der Waals surface area contributed by atoms with E-state index < -0.39 is 0 Å². The second kappa shape index (κ2) is 6.11. The van der Waals surface area contributed by atoms with E-state index in [0.29, 0.717) is 29.3 Å². The number of esters is 1. The van der Waals surface area contributed by atoms with Crippen LogP contribution in [-0.4, -0.2) is 32.1 Å². The zero-order valence-corrected chi connectivity index (χ0v) is 12.6. The van der Waals surface area contributed by atoms with Gasteiger partial charge in [-0.15, -0.1) is 0 Å². The second-order valence-corrected chi connectivity index (χ2v) is 5.07. The molecule has 0 radical (unpaired) electrons. The number of rotatable bonds is 4. The molecule has 0 atom stereocenters. The molecule has 6 nitrogen and oxygen atoms in total. The molecule has 0 spiro atoms. The highest BCUT2D eigenvalue weighted by atomic mass is 35.5. The molecule has 0 bridgehead atoms. The van der Waals surface area contributed by atoms with Crippen LogP contribution in [0.25, 0.3) is 16.9 Å². The topological polar surface area (TPSA) is 69.9 Å². The van der Waals surface area contributed by atoms with Crippen molar-refractivity contribution < 1.29 is 9.53 Å². The minimum atomic E-state index is -0.266. The van der Waals surface area contributed by atoms with Crippen LogP contribution in [0.15, 0.2) is 36.9 Å². The third kappa shape index (κ3) is 2.92. The average Bonchev–Trinajstić information content (AvgIpc) is 2.93. The first kappa shape index (κ1) is 14.5. The monoisotopic (exact) mass is 316 g/mol. The third-order valence-electron chi connectivity index (χ3n) is 3.20. The Hall–Kier alpha value is -2.47. The predicted octanol–water partition coefficient (Wildman–Crippen LogP) is 2.57. The minimum absolute atomic E-state index is 0.266. The smallest absolute Gasteiger partial charge is 0.302 e. The van der Waals surface area contributed by atoms with Crippen molar-refractivity contribution in [2.45, 2.75) is 13.3 Å². The normalized spacial score (nSPS) is 10.8. The lowest BCUT2D eigenvalue weighted by atomic mass is 10.1. The summed E-state index contributed by atoms with van der Waals surface area (Å²) in [7, 11) is 0. The molecule has 112 valence electrons.